The Kier molecular flexibility index (Phi) is 4.00. The van der Waals surface area contributed by atoms with E-state index in [4.69, 9.17) is 5.73 Å². The lowest BCUT2D eigenvalue weighted by atomic mass is 9.85. The first kappa shape index (κ1) is 12.4. The Labute approximate surface area is 104 Å². The summed E-state index contributed by atoms with van der Waals surface area (Å²) in [4.78, 5) is 6.85. The normalized spacial score (nSPS) is 17.6. The quantitative estimate of drug-likeness (QED) is 0.850. The van der Waals surface area contributed by atoms with Crippen molar-refractivity contribution in [3.63, 3.8) is 0 Å². The first-order valence-electron chi connectivity index (χ1n) is 6.67. The van der Waals surface area contributed by atoms with Crippen molar-refractivity contribution in [1.82, 2.24) is 4.98 Å². The van der Waals surface area contributed by atoms with Crippen LogP contribution in [0.3, 0.4) is 0 Å². The zero-order valence-electron chi connectivity index (χ0n) is 10.9. The van der Waals surface area contributed by atoms with Gasteiger partial charge in [0.05, 0.1) is 0 Å². The molecule has 3 nitrogen and oxygen atoms in total. The summed E-state index contributed by atoms with van der Waals surface area (Å²) in [6.07, 6.45) is 6.03. The van der Waals surface area contributed by atoms with Crippen LogP contribution in [0.1, 0.15) is 44.7 Å². The molecular formula is C14H23N3. The van der Waals surface area contributed by atoms with Crippen molar-refractivity contribution in [2.45, 2.75) is 39.2 Å². The van der Waals surface area contributed by atoms with Gasteiger partial charge in [-0.25, -0.2) is 4.98 Å². The molecule has 0 radical (unpaired) electrons. The summed E-state index contributed by atoms with van der Waals surface area (Å²) in [6.45, 7) is 6.37. The van der Waals surface area contributed by atoms with Crippen LogP contribution < -0.4 is 10.6 Å². The maximum absolute atomic E-state index is 5.92. The molecule has 1 aromatic rings. The van der Waals surface area contributed by atoms with Crippen molar-refractivity contribution in [3.05, 3.63) is 23.9 Å². The highest BCUT2D eigenvalue weighted by Crippen LogP contribution is 2.28. The Balaban J connectivity index is 2.09. The second kappa shape index (κ2) is 5.50. The summed E-state index contributed by atoms with van der Waals surface area (Å²) in [7, 11) is 0. The predicted octanol–water partition coefficient (Wildman–Crippen LogP) is 2.73. The van der Waals surface area contributed by atoms with Crippen molar-refractivity contribution >= 4 is 5.82 Å². The Hall–Kier alpha value is -1.09. The minimum atomic E-state index is 0.0826. The molecule has 0 aromatic carbocycles. The molecule has 1 aliphatic rings. The Morgan fingerprint density at radius 1 is 1.53 bits per heavy atom. The molecule has 1 fully saturated rings. The summed E-state index contributed by atoms with van der Waals surface area (Å²) in [5.41, 5.74) is 7.09. The Morgan fingerprint density at radius 2 is 2.29 bits per heavy atom. The van der Waals surface area contributed by atoms with Gasteiger partial charge in [0, 0.05) is 25.3 Å². The largest absolute Gasteiger partial charge is 0.357 e. The van der Waals surface area contributed by atoms with Crippen LogP contribution in [0.5, 0.6) is 0 Å². The van der Waals surface area contributed by atoms with E-state index in [9.17, 15) is 0 Å². The number of nitrogens with zero attached hydrogens (tertiary/aromatic N) is 2. The number of hydrogen-bond acceptors (Lipinski definition) is 3. The molecule has 2 rings (SSSR count). The summed E-state index contributed by atoms with van der Waals surface area (Å²) in [5, 5.41) is 0. The summed E-state index contributed by atoms with van der Waals surface area (Å²) < 4.78 is 0. The third kappa shape index (κ3) is 2.97. The highest BCUT2D eigenvalue weighted by Gasteiger charge is 2.20. The van der Waals surface area contributed by atoms with Gasteiger partial charge in [0.25, 0.3) is 0 Å². The van der Waals surface area contributed by atoms with Crippen LogP contribution in [0.2, 0.25) is 0 Å². The number of rotatable bonds is 5. The van der Waals surface area contributed by atoms with Crippen molar-refractivity contribution < 1.29 is 0 Å². The minimum absolute atomic E-state index is 0.0826. The molecule has 1 heterocycles. The van der Waals surface area contributed by atoms with E-state index in [1.165, 1.54) is 24.8 Å². The number of hydrogen-bond donors (Lipinski definition) is 1. The molecule has 3 heteroatoms. The van der Waals surface area contributed by atoms with E-state index < -0.39 is 0 Å². The lowest BCUT2D eigenvalue weighted by molar-refractivity contribution is 0.318. The molecular weight excluding hydrogens is 210 g/mol. The number of aromatic nitrogens is 1. The van der Waals surface area contributed by atoms with Gasteiger partial charge >= 0.3 is 0 Å². The van der Waals surface area contributed by atoms with Crippen molar-refractivity contribution in [3.8, 4) is 0 Å². The maximum atomic E-state index is 5.92. The maximum Gasteiger partial charge on any atom is 0.128 e. The standard InChI is InChI=1S/C14H23N3/c1-3-17(10-12-5-4-6-12)14-9-13(11(2)15)7-8-16-14/h7-9,11-12H,3-6,10,15H2,1-2H3/t11-/m0/s1. The van der Waals surface area contributed by atoms with E-state index in [0.29, 0.717) is 0 Å². The molecule has 0 amide bonds. The molecule has 94 valence electrons. The van der Waals surface area contributed by atoms with Crippen LogP contribution in [-0.2, 0) is 0 Å². The van der Waals surface area contributed by atoms with Gasteiger partial charge in [-0.2, -0.15) is 0 Å². The van der Waals surface area contributed by atoms with Gasteiger partial charge in [-0.05, 0) is 50.3 Å². The van der Waals surface area contributed by atoms with Crippen LogP contribution in [0.15, 0.2) is 18.3 Å². The van der Waals surface area contributed by atoms with Gasteiger partial charge in [0.15, 0.2) is 0 Å². The molecule has 1 saturated carbocycles. The average molecular weight is 233 g/mol. The predicted molar refractivity (Wildman–Crippen MR) is 72.1 cm³/mol. The Bertz CT molecular complexity index is 358. The lowest BCUT2D eigenvalue weighted by Gasteiger charge is -2.32. The fourth-order valence-electron chi connectivity index (χ4n) is 2.26. The monoisotopic (exact) mass is 233 g/mol. The molecule has 0 spiro atoms. The van der Waals surface area contributed by atoms with Crippen molar-refractivity contribution in [2.24, 2.45) is 11.7 Å². The summed E-state index contributed by atoms with van der Waals surface area (Å²) >= 11 is 0. The second-order valence-electron chi connectivity index (χ2n) is 5.07. The highest BCUT2D eigenvalue weighted by atomic mass is 15.2. The van der Waals surface area contributed by atoms with E-state index >= 15 is 0 Å². The fraction of sp³-hybridized carbons (Fsp3) is 0.643. The molecule has 1 aromatic heterocycles. The lowest BCUT2D eigenvalue weighted by Crippen LogP contribution is -2.33. The fourth-order valence-corrected chi connectivity index (χ4v) is 2.26. The third-order valence-corrected chi connectivity index (χ3v) is 3.70. The highest BCUT2D eigenvalue weighted by molar-refractivity contribution is 5.41. The van der Waals surface area contributed by atoms with E-state index in [-0.39, 0.29) is 6.04 Å². The van der Waals surface area contributed by atoms with Gasteiger partial charge in [-0.15, -0.1) is 0 Å². The van der Waals surface area contributed by atoms with Crippen LogP contribution in [0.25, 0.3) is 0 Å². The third-order valence-electron chi connectivity index (χ3n) is 3.70. The number of pyridine rings is 1. The van der Waals surface area contributed by atoms with Gasteiger partial charge < -0.3 is 10.6 Å². The van der Waals surface area contributed by atoms with Gasteiger partial charge in [-0.3, -0.25) is 0 Å². The van der Waals surface area contributed by atoms with Gasteiger partial charge in [0.2, 0.25) is 0 Å². The Morgan fingerprint density at radius 3 is 2.82 bits per heavy atom. The molecule has 0 unspecified atom stereocenters. The van der Waals surface area contributed by atoms with Crippen LogP contribution >= 0.6 is 0 Å². The van der Waals surface area contributed by atoms with Crippen LogP contribution in [0.4, 0.5) is 5.82 Å². The second-order valence-corrected chi connectivity index (χ2v) is 5.07. The smallest absolute Gasteiger partial charge is 0.128 e. The number of anilines is 1. The molecule has 0 saturated heterocycles. The molecule has 0 aliphatic heterocycles. The van der Waals surface area contributed by atoms with E-state index in [2.05, 4.69) is 22.9 Å². The van der Waals surface area contributed by atoms with Crippen molar-refractivity contribution in [1.29, 1.82) is 0 Å². The summed E-state index contributed by atoms with van der Waals surface area (Å²) in [6, 6.07) is 4.22. The van der Waals surface area contributed by atoms with Crippen LogP contribution in [-0.4, -0.2) is 18.1 Å². The summed E-state index contributed by atoms with van der Waals surface area (Å²) in [5.74, 6) is 1.95. The zero-order chi connectivity index (χ0) is 12.3. The van der Waals surface area contributed by atoms with E-state index in [1.807, 2.05) is 19.2 Å². The van der Waals surface area contributed by atoms with E-state index in [0.717, 1.165) is 24.8 Å². The minimum Gasteiger partial charge on any atom is -0.357 e. The molecule has 1 atom stereocenters. The topological polar surface area (TPSA) is 42.1 Å². The zero-order valence-corrected chi connectivity index (χ0v) is 10.9. The average Bonchev–Trinajstić information content (AvgIpc) is 2.28. The van der Waals surface area contributed by atoms with Gasteiger partial charge in [0.1, 0.15) is 5.82 Å². The van der Waals surface area contributed by atoms with Crippen LogP contribution in [0, 0.1) is 5.92 Å². The van der Waals surface area contributed by atoms with E-state index in [1.54, 1.807) is 0 Å². The molecule has 1 aliphatic carbocycles. The SMILES string of the molecule is CCN(CC1CCC1)c1cc([C@H](C)N)ccn1. The number of nitrogens with two attached hydrogens (primary N) is 1. The van der Waals surface area contributed by atoms with Crippen molar-refractivity contribution in [2.75, 3.05) is 18.0 Å². The first-order valence-corrected chi connectivity index (χ1v) is 6.67. The molecule has 17 heavy (non-hydrogen) atoms. The molecule has 0 bridgehead atoms. The van der Waals surface area contributed by atoms with Gasteiger partial charge in [-0.1, -0.05) is 6.42 Å². The molecule has 2 N–H and O–H groups in total. The first-order chi connectivity index (χ1) is 8.20.